The van der Waals surface area contributed by atoms with Crippen LogP contribution in [0.1, 0.15) is 17.3 Å². The number of aliphatic carboxylic acids is 1. The van der Waals surface area contributed by atoms with E-state index in [1.165, 1.54) is 19.1 Å². The van der Waals surface area contributed by atoms with Crippen molar-refractivity contribution in [3.05, 3.63) is 46.0 Å². The minimum absolute atomic E-state index is 0.0205. The number of amides is 1. The Kier molecular flexibility index (Phi) is 5.19. The summed E-state index contributed by atoms with van der Waals surface area (Å²) in [6.07, 6.45) is 0. The molecule has 0 spiro atoms. The molecule has 10 heteroatoms. The Morgan fingerprint density at radius 2 is 2.00 bits per heavy atom. The quantitative estimate of drug-likeness (QED) is 0.470. The van der Waals surface area contributed by atoms with Crippen LogP contribution in [0.5, 0.6) is 0 Å². The topological polar surface area (TPSA) is 138 Å². The summed E-state index contributed by atoms with van der Waals surface area (Å²) in [4.78, 5) is 41.1. The van der Waals surface area contributed by atoms with E-state index in [0.29, 0.717) is 0 Å². The lowest BCUT2D eigenvalue weighted by Gasteiger charge is -2.09. The zero-order valence-electron chi connectivity index (χ0n) is 12.4. The van der Waals surface area contributed by atoms with E-state index in [0.717, 1.165) is 23.9 Å². The summed E-state index contributed by atoms with van der Waals surface area (Å²) in [5.74, 6) is -2.49. The minimum Gasteiger partial charge on any atom is -0.480 e. The van der Waals surface area contributed by atoms with E-state index in [-0.39, 0.29) is 22.2 Å². The summed E-state index contributed by atoms with van der Waals surface area (Å²) in [6, 6.07) is 4.71. The van der Waals surface area contributed by atoms with Gasteiger partial charge in [-0.3, -0.25) is 19.4 Å². The van der Waals surface area contributed by atoms with Crippen LogP contribution in [0.3, 0.4) is 0 Å². The fourth-order valence-corrected chi connectivity index (χ4v) is 2.39. The number of nitrogens with two attached hydrogens (primary N) is 1. The summed E-state index contributed by atoms with van der Waals surface area (Å²) in [7, 11) is 0. The van der Waals surface area contributed by atoms with Gasteiger partial charge in [0.25, 0.3) is 11.5 Å². The van der Waals surface area contributed by atoms with Gasteiger partial charge in [0.1, 0.15) is 16.8 Å². The van der Waals surface area contributed by atoms with Gasteiger partial charge in [0.05, 0.1) is 0 Å². The maximum atomic E-state index is 12.8. The van der Waals surface area contributed by atoms with Crippen molar-refractivity contribution in [3.8, 4) is 0 Å². The van der Waals surface area contributed by atoms with Gasteiger partial charge in [-0.25, -0.2) is 9.37 Å². The van der Waals surface area contributed by atoms with E-state index in [9.17, 15) is 18.8 Å². The van der Waals surface area contributed by atoms with Crippen LogP contribution < -0.4 is 16.6 Å². The fourth-order valence-electron chi connectivity index (χ4n) is 1.65. The molecule has 1 amide bonds. The van der Waals surface area contributed by atoms with Crippen LogP contribution in [-0.2, 0) is 4.79 Å². The van der Waals surface area contributed by atoms with Crippen molar-refractivity contribution in [1.82, 2.24) is 9.97 Å². The van der Waals surface area contributed by atoms with Gasteiger partial charge >= 0.3 is 5.97 Å². The average molecular weight is 352 g/mol. The lowest BCUT2D eigenvalue weighted by molar-refractivity contribution is -0.136. The number of carbonyl (C=O) groups excluding carboxylic acids is 1. The van der Waals surface area contributed by atoms with Gasteiger partial charge in [-0.2, -0.15) is 0 Å². The Hall–Kier alpha value is -2.88. The van der Waals surface area contributed by atoms with E-state index in [1.807, 2.05) is 0 Å². The highest BCUT2D eigenvalue weighted by molar-refractivity contribution is 8.00. The number of H-pyrrole nitrogens is 1. The Labute approximate surface area is 139 Å². The van der Waals surface area contributed by atoms with Gasteiger partial charge in [0, 0.05) is 5.56 Å². The molecule has 2 aromatic rings. The number of hydrogen-bond acceptors (Lipinski definition) is 6. The van der Waals surface area contributed by atoms with E-state index in [4.69, 9.17) is 10.8 Å². The molecule has 0 aliphatic heterocycles. The third-order valence-corrected chi connectivity index (χ3v) is 3.88. The first-order valence-corrected chi connectivity index (χ1v) is 7.52. The first-order valence-electron chi connectivity index (χ1n) is 6.64. The number of carbonyl (C=O) groups is 2. The van der Waals surface area contributed by atoms with Gasteiger partial charge < -0.3 is 16.2 Å². The molecule has 1 heterocycles. The first kappa shape index (κ1) is 17.5. The molecule has 0 saturated heterocycles. The van der Waals surface area contributed by atoms with E-state index in [2.05, 4.69) is 15.3 Å². The number of thioether (sulfide) groups is 1. The molecule has 8 nitrogen and oxygen atoms in total. The monoisotopic (exact) mass is 352 g/mol. The SMILES string of the molecule is C[C@H](Sc1nc(N)c(NC(=O)c2ccc(F)cc2)c(=O)[nH]1)C(=O)O. The number of halogens is 1. The number of carboxylic acid groups (broad SMARTS) is 1. The van der Waals surface area contributed by atoms with Crippen molar-refractivity contribution in [1.29, 1.82) is 0 Å². The normalized spacial score (nSPS) is 11.8. The number of aromatic amines is 1. The molecule has 0 saturated carbocycles. The van der Waals surface area contributed by atoms with Gasteiger partial charge in [-0.05, 0) is 31.2 Å². The van der Waals surface area contributed by atoms with Crippen LogP contribution in [-0.4, -0.2) is 32.2 Å². The zero-order chi connectivity index (χ0) is 17.9. The van der Waals surface area contributed by atoms with E-state index >= 15 is 0 Å². The predicted molar refractivity (Wildman–Crippen MR) is 86.6 cm³/mol. The molecule has 126 valence electrons. The summed E-state index contributed by atoms with van der Waals surface area (Å²) in [5, 5.41) is 10.3. The maximum absolute atomic E-state index is 12.8. The maximum Gasteiger partial charge on any atom is 0.316 e. The Morgan fingerprint density at radius 3 is 2.54 bits per heavy atom. The first-order chi connectivity index (χ1) is 11.3. The standard InChI is InChI=1S/C14H13FN4O4S/c1-6(13(22)23)24-14-18-10(16)9(12(21)19-14)17-11(20)7-2-4-8(15)5-3-7/h2-6H,1H3,(H,17,20)(H,22,23)(H3,16,18,19,21)/t6-/m0/s1. The largest absolute Gasteiger partial charge is 0.480 e. The van der Waals surface area contributed by atoms with Crippen molar-refractivity contribution in [2.75, 3.05) is 11.1 Å². The fraction of sp³-hybridized carbons (Fsp3) is 0.143. The molecule has 0 aliphatic carbocycles. The van der Waals surface area contributed by atoms with Crippen LogP contribution >= 0.6 is 11.8 Å². The van der Waals surface area contributed by atoms with E-state index in [1.54, 1.807) is 0 Å². The smallest absolute Gasteiger partial charge is 0.316 e. The molecule has 24 heavy (non-hydrogen) atoms. The molecule has 1 atom stereocenters. The number of anilines is 2. The molecule has 1 aromatic heterocycles. The lowest BCUT2D eigenvalue weighted by Crippen LogP contribution is -2.23. The Bertz CT molecular complexity index is 838. The highest BCUT2D eigenvalue weighted by atomic mass is 32.2. The predicted octanol–water partition coefficient (Wildman–Crippen LogP) is 1.31. The molecular formula is C14H13FN4O4S. The van der Waals surface area contributed by atoms with Gasteiger partial charge in [-0.1, -0.05) is 11.8 Å². The van der Waals surface area contributed by atoms with Crippen molar-refractivity contribution in [2.24, 2.45) is 0 Å². The van der Waals surface area contributed by atoms with Gasteiger partial charge in [0.2, 0.25) is 0 Å². The van der Waals surface area contributed by atoms with Gasteiger partial charge in [-0.15, -0.1) is 0 Å². The van der Waals surface area contributed by atoms with Crippen LogP contribution in [0, 0.1) is 5.82 Å². The number of nitrogens with one attached hydrogen (secondary N) is 2. The second-order valence-corrected chi connectivity index (χ2v) is 6.02. The third-order valence-electron chi connectivity index (χ3n) is 2.91. The highest BCUT2D eigenvalue weighted by Crippen LogP contribution is 2.21. The minimum atomic E-state index is -1.07. The summed E-state index contributed by atoms with van der Waals surface area (Å²) >= 11 is 0.805. The molecule has 0 fully saturated rings. The van der Waals surface area contributed by atoms with Crippen LogP contribution in [0.15, 0.2) is 34.2 Å². The van der Waals surface area contributed by atoms with Crippen LogP contribution in [0.2, 0.25) is 0 Å². The summed E-state index contributed by atoms with van der Waals surface area (Å²) in [6.45, 7) is 1.42. The number of rotatable bonds is 5. The van der Waals surface area contributed by atoms with Crippen molar-refractivity contribution < 1.29 is 19.1 Å². The molecule has 5 N–H and O–H groups in total. The van der Waals surface area contributed by atoms with E-state index < -0.39 is 28.5 Å². The number of nitrogens with zero attached hydrogens (tertiary/aromatic N) is 1. The second kappa shape index (κ2) is 7.13. The third kappa shape index (κ3) is 4.10. The average Bonchev–Trinajstić information content (AvgIpc) is 2.51. The number of aromatic nitrogens is 2. The second-order valence-electron chi connectivity index (χ2n) is 4.69. The number of nitrogen functional groups attached to an aromatic ring is 1. The number of benzene rings is 1. The number of hydrogen-bond donors (Lipinski definition) is 4. The Balaban J connectivity index is 2.22. The molecule has 0 aliphatic rings. The van der Waals surface area contributed by atoms with Crippen LogP contribution in [0.25, 0.3) is 0 Å². The molecule has 0 radical (unpaired) electrons. The molecular weight excluding hydrogens is 339 g/mol. The molecule has 0 bridgehead atoms. The van der Waals surface area contributed by atoms with Crippen molar-refractivity contribution in [3.63, 3.8) is 0 Å². The Morgan fingerprint density at radius 1 is 1.38 bits per heavy atom. The van der Waals surface area contributed by atoms with Gasteiger partial charge in [0.15, 0.2) is 11.0 Å². The highest BCUT2D eigenvalue weighted by Gasteiger charge is 2.18. The summed E-state index contributed by atoms with van der Waals surface area (Å²) < 4.78 is 12.8. The zero-order valence-corrected chi connectivity index (χ0v) is 13.2. The number of carboxylic acids is 1. The summed E-state index contributed by atoms with van der Waals surface area (Å²) in [5.41, 5.74) is 4.80. The molecule has 0 unspecified atom stereocenters. The molecule has 1 aromatic carbocycles. The lowest BCUT2D eigenvalue weighted by atomic mass is 10.2. The van der Waals surface area contributed by atoms with Crippen LogP contribution in [0.4, 0.5) is 15.9 Å². The van der Waals surface area contributed by atoms with Crippen molar-refractivity contribution in [2.45, 2.75) is 17.3 Å². The molecule has 2 rings (SSSR count). The van der Waals surface area contributed by atoms with Crippen molar-refractivity contribution >= 4 is 35.1 Å².